The predicted octanol–water partition coefficient (Wildman–Crippen LogP) is 3.67. The minimum absolute atomic E-state index is 0.772. The largest absolute Gasteiger partial charge is 0.311 e. The van der Waals surface area contributed by atoms with E-state index in [9.17, 15) is 0 Å². The van der Waals surface area contributed by atoms with E-state index in [1.165, 1.54) is 71.0 Å². The van der Waals surface area contributed by atoms with E-state index in [4.69, 9.17) is 0 Å². The van der Waals surface area contributed by atoms with Crippen molar-refractivity contribution in [3.63, 3.8) is 0 Å². The summed E-state index contributed by atoms with van der Waals surface area (Å²) in [7, 11) is 0. The van der Waals surface area contributed by atoms with Gasteiger partial charge >= 0.3 is 0 Å². The molecule has 2 saturated carbocycles. The average Bonchev–Trinajstić information content (AvgIpc) is 3.30. The molecule has 2 heteroatoms. The van der Waals surface area contributed by atoms with Crippen LogP contribution < -0.4 is 5.32 Å². The number of nitrogens with zero attached hydrogens (tertiary/aromatic N) is 1. The molecule has 3 aliphatic rings. The molecule has 1 saturated heterocycles. The minimum Gasteiger partial charge on any atom is -0.311 e. The molecule has 3 rings (SSSR count). The summed E-state index contributed by atoms with van der Waals surface area (Å²) in [5, 5.41) is 3.91. The van der Waals surface area contributed by atoms with E-state index in [0.717, 1.165) is 29.8 Å². The third kappa shape index (κ3) is 3.76. The van der Waals surface area contributed by atoms with Gasteiger partial charge in [-0.1, -0.05) is 46.0 Å². The van der Waals surface area contributed by atoms with E-state index in [1.807, 2.05) is 0 Å². The van der Waals surface area contributed by atoms with Crippen LogP contribution in [0.15, 0.2) is 0 Å². The van der Waals surface area contributed by atoms with Gasteiger partial charge in [0.05, 0.1) is 0 Å². The summed E-state index contributed by atoms with van der Waals surface area (Å²) in [5.41, 5.74) is 0. The van der Waals surface area contributed by atoms with Crippen molar-refractivity contribution in [2.45, 2.75) is 77.3 Å². The minimum atomic E-state index is 0.772. The van der Waals surface area contributed by atoms with Crippen molar-refractivity contribution in [3.05, 3.63) is 0 Å². The monoisotopic (exact) mass is 278 g/mol. The van der Waals surface area contributed by atoms with E-state index in [-0.39, 0.29) is 0 Å². The molecule has 2 aliphatic carbocycles. The first kappa shape index (κ1) is 14.8. The molecule has 0 radical (unpaired) electrons. The van der Waals surface area contributed by atoms with E-state index in [2.05, 4.69) is 24.1 Å². The summed E-state index contributed by atoms with van der Waals surface area (Å²) in [6.07, 6.45) is 11.8. The van der Waals surface area contributed by atoms with Crippen molar-refractivity contribution < 1.29 is 0 Å². The lowest BCUT2D eigenvalue weighted by molar-refractivity contribution is 0.0700. The molecule has 0 spiro atoms. The lowest BCUT2D eigenvalue weighted by Crippen LogP contribution is -2.60. The zero-order chi connectivity index (χ0) is 13.9. The van der Waals surface area contributed by atoms with Gasteiger partial charge in [-0.2, -0.15) is 0 Å². The molecule has 3 fully saturated rings. The van der Waals surface area contributed by atoms with Crippen LogP contribution in [0.4, 0.5) is 0 Å². The van der Waals surface area contributed by atoms with Crippen LogP contribution in [-0.2, 0) is 0 Å². The van der Waals surface area contributed by atoms with Gasteiger partial charge < -0.3 is 5.32 Å². The Bertz CT molecular complexity index is 292. The van der Waals surface area contributed by atoms with Crippen LogP contribution >= 0.6 is 0 Å². The smallest absolute Gasteiger partial charge is 0.0244 e. The van der Waals surface area contributed by atoms with Crippen LogP contribution in [-0.4, -0.2) is 36.6 Å². The fourth-order valence-corrected chi connectivity index (χ4v) is 4.38. The third-order valence-corrected chi connectivity index (χ3v) is 6.00. The zero-order valence-corrected chi connectivity index (χ0v) is 13.6. The van der Waals surface area contributed by atoms with Gasteiger partial charge in [0.15, 0.2) is 0 Å². The third-order valence-electron chi connectivity index (χ3n) is 6.00. The quantitative estimate of drug-likeness (QED) is 0.825. The topological polar surface area (TPSA) is 15.3 Å². The van der Waals surface area contributed by atoms with Gasteiger partial charge in [-0.15, -0.1) is 0 Å². The molecule has 2 atom stereocenters. The Balaban J connectivity index is 1.55. The standard InChI is InChI=1S/C18H34N2/c1-14(2)18-12-19-17(16-6-4-3-5-7-16)13-20(18)11-10-15-8-9-15/h14-19H,3-13H2,1-2H3. The number of hydrogen-bond acceptors (Lipinski definition) is 2. The molecule has 0 aromatic rings. The van der Waals surface area contributed by atoms with Crippen LogP contribution in [0.25, 0.3) is 0 Å². The maximum absolute atomic E-state index is 3.91. The highest BCUT2D eigenvalue weighted by Crippen LogP contribution is 2.34. The first-order chi connectivity index (χ1) is 9.74. The summed E-state index contributed by atoms with van der Waals surface area (Å²) in [6, 6.07) is 1.55. The molecule has 20 heavy (non-hydrogen) atoms. The van der Waals surface area contributed by atoms with Crippen molar-refractivity contribution in [1.82, 2.24) is 10.2 Å². The second kappa shape index (κ2) is 6.79. The molecular formula is C18H34N2. The highest BCUT2D eigenvalue weighted by atomic mass is 15.2. The number of nitrogens with one attached hydrogen (secondary N) is 1. The van der Waals surface area contributed by atoms with Crippen LogP contribution in [0, 0.1) is 17.8 Å². The van der Waals surface area contributed by atoms with E-state index in [0.29, 0.717) is 0 Å². The van der Waals surface area contributed by atoms with Crippen LogP contribution in [0.5, 0.6) is 0 Å². The summed E-state index contributed by atoms with van der Waals surface area (Å²) in [5.74, 6) is 2.82. The molecular weight excluding hydrogens is 244 g/mol. The molecule has 1 N–H and O–H groups in total. The van der Waals surface area contributed by atoms with Crippen molar-refractivity contribution in [3.8, 4) is 0 Å². The van der Waals surface area contributed by atoms with Crippen LogP contribution in [0.3, 0.4) is 0 Å². The molecule has 2 nitrogen and oxygen atoms in total. The number of rotatable bonds is 5. The first-order valence-electron chi connectivity index (χ1n) is 9.21. The van der Waals surface area contributed by atoms with Gasteiger partial charge in [-0.3, -0.25) is 4.90 Å². The van der Waals surface area contributed by atoms with Gasteiger partial charge in [0.25, 0.3) is 0 Å². The molecule has 0 aromatic heterocycles. The second-order valence-electron chi connectivity index (χ2n) is 7.95. The summed E-state index contributed by atoms with van der Waals surface area (Å²) in [6.45, 7) is 8.71. The molecule has 116 valence electrons. The Morgan fingerprint density at radius 1 is 1.05 bits per heavy atom. The highest BCUT2D eigenvalue weighted by molar-refractivity contribution is 4.92. The van der Waals surface area contributed by atoms with Gasteiger partial charge in [-0.05, 0) is 43.6 Å². The first-order valence-corrected chi connectivity index (χ1v) is 9.21. The Labute approximate surface area is 125 Å². The van der Waals surface area contributed by atoms with Crippen molar-refractivity contribution in [2.75, 3.05) is 19.6 Å². The lowest BCUT2D eigenvalue weighted by Gasteiger charge is -2.45. The van der Waals surface area contributed by atoms with Gasteiger partial charge in [0, 0.05) is 25.2 Å². The Morgan fingerprint density at radius 3 is 2.45 bits per heavy atom. The Kier molecular flexibility index (Phi) is 5.04. The molecule has 0 bridgehead atoms. The van der Waals surface area contributed by atoms with E-state index >= 15 is 0 Å². The molecule has 0 amide bonds. The summed E-state index contributed by atoms with van der Waals surface area (Å²) >= 11 is 0. The summed E-state index contributed by atoms with van der Waals surface area (Å²) in [4.78, 5) is 2.85. The molecule has 2 unspecified atom stereocenters. The van der Waals surface area contributed by atoms with E-state index < -0.39 is 0 Å². The Hall–Kier alpha value is -0.0800. The predicted molar refractivity (Wildman–Crippen MR) is 85.9 cm³/mol. The number of hydrogen-bond donors (Lipinski definition) is 1. The van der Waals surface area contributed by atoms with Crippen molar-refractivity contribution in [1.29, 1.82) is 0 Å². The normalized spacial score (nSPS) is 33.8. The van der Waals surface area contributed by atoms with Gasteiger partial charge in [0.1, 0.15) is 0 Å². The second-order valence-corrected chi connectivity index (χ2v) is 7.95. The van der Waals surface area contributed by atoms with Gasteiger partial charge in [0.2, 0.25) is 0 Å². The fourth-order valence-electron chi connectivity index (χ4n) is 4.38. The molecule has 1 aliphatic heterocycles. The average molecular weight is 278 g/mol. The van der Waals surface area contributed by atoms with E-state index in [1.54, 1.807) is 0 Å². The molecule has 0 aromatic carbocycles. The maximum Gasteiger partial charge on any atom is 0.0244 e. The Morgan fingerprint density at radius 2 is 1.80 bits per heavy atom. The SMILES string of the molecule is CC(C)C1CNC(C2CCCCC2)CN1CCC1CC1. The highest BCUT2D eigenvalue weighted by Gasteiger charge is 2.34. The van der Waals surface area contributed by atoms with Crippen LogP contribution in [0.2, 0.25) is 0 Å². The zero-order valence-electron chi connectivity index (χ0n) is 13.6. The summed E-state index contributed by atoms with van der Waals surface area (Å²) < 4.78 is 0. The van der Waals surface area contributed by atoms with Gasteiger partial charge in [-0.25, -0.2) is 0 Å². The number of piperazine rings is 1. The fraction of sp³-hybridized carbons (Fsp3) is 1.00. The van der Waals surface area contributed by atoms with Crippen molar-refractivity contribution in [2.24, 2.45) is 17.8 Å². The van der Waals surface area contributed by atoms with Crippen LogP contribution in [0.1, 0.15) is 65.2 Å². The van der Waals surface area contributed by atoms with Crippen molar-refractivity contribution >= 4 is 0 Å². The lowest BCUT2D eigenvalue weighted by atomic mass is 9.82. The molecule has 1 heterocycles. The maximum atomic E-state index is 3.91.